The van der Waals surface area contributed by atoms with Crippen molar-refractivity contribution in [3.05, 3.63) is 0 Å². The lowest BCUT2D eigenvalue weighted by molar-refractivity contribution is -0.138. The zero-order valence-corrected chi connectivity index (χ0v) is 9.77. The van der Waals surface area contributed by atoms with Gasteiger partial charge in [-0.15, -0.1) is 0 Å². The van der Waals surface area contributed by atoms with Crippen LogP contribution in [-0.2, 0) is 4.79 Å². The Balaban J connectivity index is 2.44. The van der Waals surface area contributed by atoms with Crippen LogP contribution in [0.15, 0.2) is 0 Å². The van der Waals surface area contributed by atoms with Crippen LogP contribution in [0.1, 0.15) is 13.3 Å². The smallest absolute Gasteiger partial charge is 0.325 e. The lowest BCUT2D eigenvalue weighted by Gasteiger charge is -2.22. The van der Waals surface area contributed by atoms with Crippen molar-refractivity contribution in [1.29, 1.82) is 0 Å². The average Bonchev–Trinajstić information content (AvgIpc) is 2.42. The summed E-state index contributed by atoms with van der Waals surface area (Å²) >= 11 is 0. The van der Waals surface area contributed by atoms with Gasteiger partial charge >= 0.3 is 12.0 Å². The molecular weight excluding hydrogens is 210 g/mol. The Bertz CT molecular complexity index is 270. The Morgan fingerprint density at radius 3 is 2.56 bits per heavy atom. The Hall–Kier alpha value is -1.30. The molecule has 0 unspecified atom stereocenters. The van der Waals surface area contributed by atoms with Gasteiger partial charge in [0.05, 0.1) is 0 Å². The lowest BCUT2D eigenvalue weighted by atomic mass is 10.3. The molecule has 1 atom stereocenters. The normalized spacial score (nSPS) is 20.0. The Morgan fingerprint density at radius 1 is 1.25 bits per heavy atom. The van der Waals surface area contributed by atoms with Gasteiger partial charge < -0.3 is 20.2 Å². The molecule has 0 saturated carbocycles. The van der Waals surface area contributed by atoms with E-state index in [0.717, 1.165) is 19.5 Å². The standard InChI is InChI=1S/C10H19N3O3/c1-8(9(14)15)11-10(16)13-5-3-4-12(2)6-7-13/h8H,3-7H2,1-2H3,(H,11,16)(H,14,15)/t8-/m0/s1. The predicted molar refractivity (Wildman–Crippen MR) is 59.3 cm³/mol. The second-order valence-corrected chi connectivity index (χ2v) is 4.15. The number of carbonyl (C=O) groups is 2. The molecule has 1 saturated heterocycles. The summed E-state index contributed by atoms with van der Waals surface area (Å²) in [6.07, 6.45) is 0.922. The summed E-state index contributed by atoms with van der Waals surface area (Å²) in [5.41, 5.74) is 0. The van der Waals surface area contributed by atoms with Gasteiger partial charge in [-0.2, -0.15) is 0 Å². The van der Waals surface area contributed by atoms with E-state index < -0.39 is 12.0 Å². The molecule has 0 aromatic heterocycles. The monoisotopic (exact) mass is 229 g/mol. The van der Waals surface area contributed by atoms with E-state index in [1.54, 1.807) is 4.90 Å². The van der Waals surface area contributed by atoms with Crippen LogP contribution in [0, 0.1) is 0 Å². The maximum absolute atomic E-state index is 11.7. The Morgan fingerprint density at radius 2 is 1.94 bits per heavy atom. The predicted octanol–water partition coefficient (Wildman–Crippen LogP) is -0.193. The van der Waals surface area contributed by atoms with E-state index in [-0.39, 0.29) is 6.03 Å². The number of likely N-dealkylation sites (N-methyl/N-ethyl adjacent to an activating group) is 1. The number of carboxylic acid groups (broad SMARTS) is 1. The van der Waals surface area contributed by atoms with E-state index in [4.69, 9.17) is 5.11 Å². The average molecular weight is 229 g/mol. The summed E-state index contributed by atoms with van der Waals surface area (Å²) in [5, 5.41) is 11.1. The number of hydrogen-bond acceptors (Lipinski definition) is 3. The molecule has 0 spiro atoms. The first kappa shape index (κ1) is 12.8. The first-order valence-electron chi connectivity index (χ1n) is 5.47. The number of amides is 2. The number of nitrogens with one attached hydrogen (secondary N) is 1. The van der Waals surface area contributed by atoms with Gasteiger partial charge in [0, 0.05) is 19.6 Å². The highest BCUT2D eigenvalue weighted by Crippen LogP contribution is 2.01. The van der Waals surface area contributed by atoms with E-state index in [2.05, 4.69) is 10.2 Å². The molecule has 1 fully saturated rings. The fourth-order valence-electron chi connectivity index (χ4n) is 1.59. The number of rotatable bonds is 2. The van der Waals surface area contributed by atoms with E-state index in [1.807, 2.05) is 7.05 Å². The molecule has 0 bridgehead atoms. The molecule has 16 heavy (non-hydrogen) atoms. The van der Waals surface area contributed by atoms with Gasteiger partial charge in [-0.25, -0.2) is 4.79 Å². The van der Waals surface area contributed by atoms with Crippen molar-refractivity contribution < 1.29 is 14.7 Å². The molecule has 1 rings (SSSR count). The minimum Gasteiger partial charge on any atom is -0.480 e. The molecule has 0 aliphatic carbocycles. The third-order valence-electron chi connectivity index (χ3n) is 2.72. The molecule has 1 aliphatic rings. The molecule has 1 aliphatic heterocycles. The molecule has 0 aromatic rings. The Kier molecular flexibility index (Phi) is 4.54. The highest BCUT2D eigenvalue weighted by Gasteiger charge is 2.20. The molecule has 0 aromatic carbocycles. The van der Waals surface area contributed by atoms with E-state index >= 15 is 0 Å². The molecule has 0 radical (unpaired) electrons. The summed E-state index contributed by atoms with van der Waals surface area (Å²) in [6, 6.07) is -1.13. The van der Waals surface area contributed by atoms with Crippen LogP contribution in [0.2, 0.25) is 0 Å². The maximum atomic E-state index is 11.7. The lowest BCUT2D eigenvalue weighted by Crippen LogP contribution is -2.47. The van der Waals surface area contributed by atoms with Crippen LogP contribution in [-0.4, -0.2) is 66.2 Å². The van der Waals surface area contributed by atoms with Gasteiger partial charge in [0.1, 0.15) is 6.04 Å². The fourth-order valence-corrected chi connectivity index (χ4v) is 1.59. The van der Waals surface area contributed by atoms with Crippen molar-refractivity contribution in [2.75, 3.05) is 33.2 Å². The van der Waals surface area contributed by atoms with Gasteiger partial charge in [-0.05, 0) is 26.9 Å². The molecule has 92 valence electrons. The second kappa shape index (κ2) is 5.69. The van der Waals surface area contributed by atoms with Crippen molar-refractivity contribution in [3.8, 4) is 0 Å². The number of urea groups is 1. The molecule has 2 amide bonds. The van der Waals surface area contributed by atoms with Crippen LogP contribution in [0.25, 0.3) is 0 Å². The zero-order chi connectivity index (χ0) is 12.1. The van der Waals surface area contributed by atoms with Gasteiger partial charge in [0.15, 0.2) is 0 Å². The number of carboxylic acids is 1. The summed E-state index contributed by atoms with van der Waals surface area (Å²) in [5.74, 6) is -1.01. The molecule has 1 heterocycles. The van der Waals surface area contributed by atoms with Crippen molar-refractivity contribution in [1.82, 2.24) is 15.1 Å². The van der Waals surface area contributed by atoms with Crippen LogP contribution >= 0.6 is 0 Å². The van der Waals surface area contributed by atoms with E-state index in [9.17, 15) is 9.59 Å². The first-order valence-corrected chi connectivity index (χ1v) is 5.47. The molecular formula is C10H19N3O3. The zero-order valence-electron chi connectivity index (χ0n) is 9.77. The van der Waals surface area contributed by atoms with Crippen LogP contribution in [0.3, 0.4) is 0 Å². The number of nitrogens with zero attached hydrogens (tertiary/aromatic N) is 2. The van der Waals surface area contributed by atoms with Crippen molar-refractivity contribution >= 4 is 12.0 Å². The van der Waals surface area contributed by atoms with Crippen molar-refractivity contribution in [2.45, 2.75) is 19.4 Å². The van der Waals surface area contributed by atoms with Crippen LogP contribution < -0.4 is 5.32 Å². The van der Waals surface area contributed by atoms with Gasteiger partial charge in [0.25, 0.3) is 0 Å². The van der Waals surface area contributed by atoms with Crippen molar-refractivity contribution in [3.63, 3.8) is 0 Å². The summed E-state index contributed by atoms with van der Waals surface area (Å²) in [4.78, 5) is 26.1. The summed E-state index contributed by atoms with van der Waals surface area (Å²) in [6.45, 7) is 4.59. The molecule has 6 nitrogen and oxygen atoms in total. The third kappa shape index (κ3) is 3.69. The highest BCUT2D eigenvalue weighted by molar-refractivity contribution is 5.82. The molecule has 6 heteroatoms. The Labute approximate surface area is 95.2 Å². The van der Waals surface area contributed by atoms with Crippen molar-refractivity contribution in [2.24, 2.45) is 0 Å². The van der Waals surface area contributed by atoms with E-state index in [1.165, 1.54) is 6.92 Å². The molecule has 2 N–H and O–H groups in total. The maximum Gasteiger partial charge on any atom is 0.325 e. The SMILES string of the molecule is C[C@H](NC(=O)N1CCCN(C)CC1)C(=O)O. The van der Waals surface area contributed by atoms with Gasteiger partial charge in [-0.1, -0.05) is 0 Å². The summed E-state index contributed by atoms with van der Waals surface area (Å²) in [7, 11) is 2.02. The second-order valence-electron chi connectivity index (χ2n) is 4.15. The fraction of sp³-hybridized carbons (Fsp3) is 0.800. The summed E-state index contributed by atoms with van der Waals surface area (Å²) < 4.78 is 0. The minimum atomic E-state index is -1.01. The quantitative estimate of drug-likeness (QED) is 0.688. The number of aliphatic carboxylic acids is 1. The van der Waals surface area contributed by atoms with Gasteiger partial charge in [0.2, 0.25) is 0 Å². The number of hydrogen-bond donors (Lipinski definition) is 2. The topological polar surface area (TPSA) is 72.9 Å². The first-order chi connectivity index (χ1) is 7.50. The van der Waals surface area contributed by atoms with Crippen LogP contribution in [0.4, 0.5) is 4.79 Å². The third-order valence-corrected chi connectivity index (χ3v) is 2.72. The van der Waals surface area contributed by atoms with E-state index in [0.29, 0.717) is 13.1 Å². The number of carbonyl (C=O) groups excluding carboxylic acids is 1. The van der Waals surface area contributed by atoms with Gasteiger partial charge in [-0.3, -0.25) is 4.79 Å². The highest BCUT2D eigenvalue weighted by atomic mass is 16.4. The largest absolute Gasteiger partial charge is 0.480 e. The minimum absolute atomic E-state index is 0.287. The van der Waals surface area contributed by atoms with Crippen LogP contribution in [0.5, 0.6) is 0 Å².